The van der Waals surface area contributed by atoms with Gasteiger partial charge >= 0.3 is 0 Å². The summed E-state index contributed by atoms with van der Waals surface area (Å²) in [6.07, 6.45) is 1.79. The summed E-state index contributed by atoms with van der Waals surface area (Å²) < 4.78 is 0. The maximum atomic E-state index is 12.8. The van der Waals surface area contributed by atoms with Gasteiger partial charge in [-0.2, -0.15) is 0 Å². The number of benzene rings is 3. The minimum atomic E-state index is -0.238. The van der Waals surface area contributed by atoms with E-state index in [4.69, 9.17) is 5.73 Å². The number of carbonyl (C=O) groups excluding carboxylic acids is 2. The summed E-state index contributed by atoms with van der Waals surface area (Å²) >= 11 is 0. The molecule has 1 aliphatic heterocycles. The molecule has 0 radical (unpaired) electrons. The van der Waals surface area contributed by atoms with Gasteiger partial charge in [0.05, 0.1) is 12.0 Å². The molecule has 0 spiro atoms. The minimum absolute atomic E-state index is 0.101. The van der Waals surface area contributed by atoms with Crippen molar-refractivity contribution in [3.05, 3.63) is 77.9 Å². The average molecular weight is 402 g/mol. The van der Waals surface area contributed by atoms with Crippen molar-refractivity contribution in [2.24, 2.45) is 11.7 Å². The van der Waals surface area contributed by atoms with Gasteiger partial charge in [-0.25, -0.2) is 0 Å². The molecular weight excluding hydrogens is 374 g/mol. The van der Waals surface area contributed by atoms with Gasteiger partial charge in [-0.1, -0.05) is 42.5 Å². The van der Waals surface area contributed by atoms with Gasteiger partial charge in [0.1, 0.15) is 0 Å². The molecule has 1 heterocycles. The van der Waals surface area contributed by atoms with Gasteiger partial charge in [0.25, 0.3) is 5.91 Å². The Bertz CT molecular complexity index is 1060. The van der Waals surface area contributed by atoms with E-state index < -0.39 is 0 Å². The van der Waals surface area contributed by atoms with Crippen LogP contribution >= 0.6 is 0 Å². The number of piperidine rings is 1. The molecule has 154 valence electrons. The van der Waals surface area contributed by atoms with Crippen LogP contribution in [-0.4, -0.2) is 24.9 Å². The van der Waals surface area contributed by atoms with E-state index in [1.165, 1.54) is 0 Å². The third-order valence-electron chi connectivity index (χ3n) is 5.96. The molecular formula is C25H27N3O2. The van der Waals surface area contributed by atoms with Crippen molar-refractivity contribution < 1.29 is 9.59 Å². The maximum absolute atomic E-state index is 12.8. The number of primary amides is 1. The molecule has 3 aromatic rings. The van der Waals surface area contributed by atoms with E-state index in [2.05, 4.69) is 34.5 Å². The number of nitrogens with zero attached hydrogens (tertiary/aromatic N) is 1. The largest absolute Gasteiger partial charge is 0.371 e. The van der Waals surface area contributed by atoms with Gasteiger partial charge in [-0.05, 0) is 60.4 Å². The third-order valence-corrected chi connectivity index (χ3v) is 5.96. The molecule has 0 aromatic heterocycles. The smallest absolute Gasteiger partial charge is 0.251 e. The Morgan fingerprint density at radius 1 is 1.03 bits per heavy atom. The summed E-state index contributed by atoms with van der Waals surface area (Å²) in [7, 11) is 0. The van der Waals surface area contributed by atoms with E-state index in [1.54, 1.807) is 0 Å². The fraction of sp³-hybridized carbons (Fsp3) is 0.280. The zero-order valence-corrected chi connectivity index (χ0v) is 17.2. The Morgan fingerprint density at radius 3 is 2.53 bits per heavy atom. The van der Waals surface area contributed by atoms with Crippen molar-refractivity contribution in [3.63, 3.8) is 0 Å². The predicted molar refractivity (Wildman–Crippen MR) is 120 cm³/mol. The summed E-state index contributed by atoms with van der Waals surface area (Å²) in [5, 5.41) is 5.43. The summed E-state index contributed by atoms with van der Waals surface area (Å²) in [6.45, 7) is 3.54. The van der Waals surface area contributed by atoms with Crippen molar-refractivity contribution in [1.82, 2.24) is 5.32 Å². The molecule has 1 fully saturated rings. The minimum Gasteiger partial charge on any atom is -0.371 e. The number of carbonyl (C=O) groups is 2. The molecule has 0 unspecified atom stereocenters. The first kappa shape index (κ1) is 20.0. The molecule has 5 nitrogen and oxygen atoms in total. The number of nitrogens with one attached hydrogen (secondary N) is 1. The lowest BCUT2D eigenvalue weighted by atomic mass is 9.97. The molecule has 1 aliphatic rings. The topological polar surface area (TPSA) is 75.4 Å². The summed E-state index contributed by atoms with van der Waals surface area (Å²) in [6, 6.07) is 21.8. The van der Waals surface area contributed by atoms with Gasteiger partial charge in [0, 0.05) is 24.3 Å². The molecule has 2 atom stereocenters. The molecule has 30 heavy (non-hydrogen) atoms. The zero-order valence-electron chi connectivity index (χ0n) is 17.2. The summed E-state index contributed by atoms with van der Waals surface area (Å²) in [4.78, 5) is 26.5. The van der Waals surface area contributed by atoms with Crippen LogP contribution in [0.4, 0.5) is 5.69 Å². The van der Waals surface area contributed by atoms with Crippen molar-refractivity contribution in [2.45, 2.75) is 25.8 Å². The molecule has 3 aromatic carbocycles. The van der Waals surface area contributed by atoms with E-state index in [9.17, 15) is 9.59 Å². The first-order chi connectivity index (χ1) is 14.5. The van der Waals surface area contributed by atoms with Crippen molar-refractivity contribution in [3.8, 4) is 0 Å². The molecule has 0 aliphatic carbocycles. The fourth-order valence-electron chi connectivity index (χ4n) is 4.25. The second-order valence-electron chi connectivity index (χ2n) is 8.00. The Hall–Kier alpha value is -3.34. The molecule has 4 rings (SSSR count). The Balaban J connectivity index is 1.45. The van der Waals surface area contributed by atoms with Crippen LogP contribution in [0.15, 0.2) is 66.7 Å². The highest BCUT2D eigenvalue weighted by Crippen LogP contribution is 2.26. The van der Waals surface area contributed by atoms with E-state index in [0.717, 1.165) is 41.4 Å². The second kappa shape index (κ2) is 8.57. The number of hydrogen-bond donors (Lipinski definition) is 2. The molecule has 0 bridgehead atoms. The standard InChI is InChI=1S/C25H27N3O2/c1-17(22-10-4-7-18-6-2-3-9-23(18)22)27-25(30)19-11-13-21(14-12-19)28-15-5-8-20(16-28)24(26)29/h2-4,6-7,9-14,17,20H,5,8,15-16H2,1H3,(H2,26,29)(H,27,30)/t17-,20-/m1/s1. The van der Waals surface area contributed by atoms with Crippen molar-refractivity contribution >= 4 is 28.3 Å². The van der Waals surface area contributed by atoms with Crippen molar-refractivity contribution in [2.75, 3.05) is 18.0 Å². The van der Waals surface area contributed by atoms with Crippen LogP contribution in [0.25, 0.3) is 10.8 Å². The quantitative estimate of drug-likeness (QED) is 0.678. The van der Waals surface area contributed by atoms with E-state index in [-0.39, 0.29) is 23.8 Å². The first-order valence-electron chi connectivity index (χ1n) is 10.5. The van der Waals surface area contributed by atoms with Gasteiger partial charge in [0.15, 0.2) is 0 Å². The predicted octanol–water partition coefficient (Wildman–Crippen LogP) is 4.03. The average Bonchev–Trinajstić information content (AvgIpc) is 2.78. The van der Waals surface area contributed by atoms with E-state index in [1.807, 2.05) is 49.4 Å². The Kier molecular flexibility index (Phi) is 5.70. The van der Waals surface area contributed by atoms with Crippen LogP contribution in [-0.2, 0) is 4.79 Å². The van der Waals surface area contributed by atoms with Crippen LogP contribution in [0.3, 0.4) is 0 Å². The SMILES string of the molecule is C[C@@H](NC(=O)c1ccc(N2CCC[C@@H](C(N)=O)C2)cc1)c1cccc2ccccc12. The number of nitrogens with two attached hydrogens (primary N) is 1. The van der Waals surface area contributed by atoms with E-state index >= 15 is 0 Å². The highest BCUT2D eigenvalue weighted by atomic mass is 16.2. The van der Waals surface area contributed by atoms with Gasteiger partial charge in [-0.15, -0.1) is 0 Å². The summed E-state index contributed by atoms with van der Waals surface area (Å²) in [5.74, 6) is -0.447. The van der Waals surface area contributed by atoms with Crippen LogP contribution < -0.4 is 16.0 Å². The molecule has 1 saturated heterocycles. The monoisotopic (exact) mass is 401 g/mol. The Labute approximate surface area is 176 Å². The highest BCUT2D eigenvalue weighted by molar-refractivity contribution is 5.95. The lowest BCUT2D eigenvalue weighted by Crippen LogP contribution is -2.41. The Morgan fingerprint density at radius 2 is 1.77 bits per heavy atom. The third kappa shape index (κ3) is 4.15. The van der Waals surface area contributed by atoms with Gasteiger partial charge in [-0.3, -0.25) is 9.59 Å². The van der Waals surface area contributed by atoms with Crippen LogP contribution in [0.2, 0.25) is 0 Å². The number of hydrogen-bond acceptors (Lipinski definition) is 3. The summed E-state index contributed by atoms with van der Waals surface area (Å²) in [5.41, 5.74) is 8.22. The molecule has 3 N–H and O–H groups in total. The molecule has 2 amide bonds. The first-order valence-corrected chi connectivity index (χ1v) is 10.5. The lowest BCUT2D eigenvalue weighted by Gasteiger charge is -2.33. The van der Waals surface area contributed by atoms with Gasteiger partial charge < -0.3 is 16.0 Å². The lowest BCUT2D eigenvalue weighted by molar-refractivity contribution is -0.122. The maximum Gasteiger partial charge on any atom is 0.251 e. The van der Waals surface area contributed by atoms with Crippen LogP contribution in [0.5, 0.6) is 0 Å². The zero-order chi connectivity index (χ0) is 21.1. The van der Waals surface area contributed by atoms with E-state index in [0.29, 0.717) is 12.1 Å². The fourth-order valence-corrected chi connectivity index (χ4v) is 4.25. The number of fused-ring (bicyclic) bond motifs is 1. The second-order valence-corrected chi connectivity index (χ2v) is 8.00. The number of anilines is 1. The molecule has 0 saturated carbocycles. The highest BCUT2D eigenvalue weighted by Gasteiger charge is 2.24. The van der Waals surface area contributed by atoms with Crippen LogP contribution in [0.1, 0.15) is 41.7 Å². The van der Waals surface area contributed by atoms with Crippen molar-refractivity contribution in [1.29, 1.82) is 0 Å². The van der Waals surface area contributed by atoms with Crippen LogP contribution in [0, 0.1) is 5.92 Å². The number of rotatable bonds is 5. The molecule has 5 heteroatoms. The number of amides is 2. The normalized spacial score (nSPS) is 17.5. The van der Waals surface area contributed by atoms with Gasteiger partial charge in [0.2, 0.25) is 5.91 Å².